The minimum absolute atomic E-state index is 0.0551. The summed E-state index contributed by atoms with van der Waals surface area (Å²) in [5.41, 5.74) is 0.0503. The summed E-state index contributed by atoms with van der Waals surface area (Å²) in [5, 5.41) is 2.82. The first-order chi connectivity index (χ1) is 11.6. The highest BCUT2D eigenvalue weighted by molar-refractivity contribution is 6.02. The standard InChI is InChI=1S/C17H21NO6/c1-22-13-8-7-11(9-19)15(16(13)23-2)17(21)24-10-14(20)18-12-5-3-4-6-12/h7-9,12H,3-6,10H2,1-2H3,(H,18,20). The summed E-state index contributed by atoms with van der Waals surface area (Å²) < 4.78 is 15.3. The number of hydrogen-bond acceptors (Lipinski definition) is 6. The number of hydrogen-bond donors (Lipinski definition) is 1. The lowest BCUT2D eigenvalue weighted by Crippen LogP contribution is -2.36. The third kappa shape index (κ3) is 4.04. The number of methoxy groups -OCH3 is 2. The molecule has 0 aromatic heterocycles. The van der Waals surface area contributed by atoms with Crippen molar-refractivity contribution in [3.63, 3.8) is 0 Å². The number of rotatable bonds is 7. The van der Waals surface area contributed by atoms with Gasteiger partial charge in [-0.15, -0.1) is 0 Å². The lowest BCUT2D eigenvalue weighted by atomic mass is 10.1. The number of amides is 1. The van der Waals surface area contributed by atoms with Gasteiger partial charge in [0.25, 0.3) is 5.91 Å². The lowest BCUT2D eigenvalue weighted by Gasteiger charge is -2.15. The van der Waals surface area contributed by atoms with Gasteiger partial charge in [0.05, 0.1) is 14.2 Å². The van der Waals surface area contributed by atoms with Crippen molar-refractivity contribution < 1.29 is 28.6 Å². The van der Waals surface area contributed by atoms with Crippen LogP contribution >= 0.6 is 0 Å². The number of carbonyl (C=O) groups is 3. The molecule has 1 N–H and O–H groups in total. The van der Waals surface area contributed by atoms with Crippen LogP contribution in [0.3, 0.4) is 0 Å². The summed E-state index contributed by atoms with van der Waals surface area (Å²) in [6, 6.07) is 3.10. The number of esters is 1. The molecule has 0 heterocycles. The number of carbonyl (C=O) groups excluding carboxylic acids is 3. The molecule has 1 saturated carbocycles. The highest BCUT2D eigenvalue weighted by Gasteiger charge is 2.24. The van der Waals surface area contributed by atoms with Crippen molar-refractivity contribution in [2.24, 2.45) is 0 Å². The van der Waals surface area contributed by atoms with E-state index in [0.29, 0.717) is 12.0 Å². The lowest BCUT2D eigenvalue weighted by molar-refractivity contribution is -0.124. The molecule has 7 nitrogen and oxygen atoms in total. The van der Waals surface area contributed by atoms with Gasteiger partial charge >= 0.3 is 5.97 Å². The molecule has 0 bridgehead atoms. The average Bonchev–Trinajstić information content (AvgIpc) is 3.10. The fraction of sp³-hybridized carbons (Fsp3) is 0.471. The number of aldehydes is 1. The summed E-state index contributed by atoms with van der Waals surface area (Å²) >= 11 is 0. The van der Waals surface area contributed by atoms with E-state index in [1.54, 1.807) is 0 Å². The van der Waals surface area contributed by atoms with Crippen LogP contribution in [-0.4, -0.2) is 45.0 Å². The van der Waals surface area contributed by atoms with Crippen LogP contribution in [0.25, 0.3) is 0 Å². The zero-order chi connectivity index (χ0) is 17.5. The normalized spacial score (nSPS) is 14.1. The van der Waals surface area contributed by atoms with E-state index in [0.717, 1.165) is 25.7 Å². The molecule has 2 rings (SSSR count). The SMILES string of the molecule is COc1ccc(C=O)c(C(=O)OCC(=O)NC2CCCC2)c1OC. The Hall–Kier alpha value is -2.57. The van der Waals surface area contributed by atoms with Crippen molar-refractivity contribution in [2.45, 2.75) is 31.7 Å². The van der Waals surface area contributed by atoms with Crippen LogP contribution in [0, 0.1) is 0 Å². The monoisotopic (exact) mass is 335 g/mol. The number of ether oxygens (including phenoxy) is 3. The van der Waals surface area contributed by atoms with Gasteiger partial charge in [-0.3, -0.25) is 9.59 Å². The predicted molar refractivity (Wildman–Crippen MR) is 85.6 cm³/mol. The molecule has 0 spiro atoms. The Balaban J connectivity index is 2.08. The Morgan fingerprint density at radius 3 is 2.50 bits per heavy atom. The van der Waals surface area contributed by atoms with E-state index in [1.807, 2.05) is 0 Å². The number of nitrogens with one attached hydrogen (secondary N) is 1. The van der Waals surface area contributed by atoms with E-state index in [-0.39, 0.29) is 28.8 Å². The molecule has 1 aromatic rings. The highest BCUT2D eigenvalue weighted by Crippen LogP contribution is 2.33. The van der Waals surface area contributed by atoms with Gasteiger partial charge < -0.3 is 19.5 Å². The van der Waals surface area contributed by atoms with Gasteiger partial charge in [-0.05, 0) is 25.0 Å². The fourth-order valence-electron chi connectivity index (χ4n) is 2.79. The summed E-state index contributed by atoms with van der Waals surface area (Å²) in [4.78, 5) is 35.4. The maximum Gasteiger partial charge on any atom is 0.343 e. The van der Waals surface area contributed by atoms with E-state index >= 15 is 0 Å². The zero-order valence-electron chi connectivity index (χ0n) is 13.8. The molecule has 0 saturated heterocycles. The summed E-state index contributed by atoms with van der Waals surface area (Å²) in [6.07, 6.45) is 4.59. The molecule has 0 radical (unpaired) electrons. The van der Waals surface area contributed by atoms with Gasteiger partial charge in [-0.2, -0.15) is 0 Å². The molecule has 130 valence electrons. The molecule has 24 heavy (non-hydrogen) atoms. The van der Waals surface area contributed by atoms with Crippen LogP contribution in [0.5, 0.6) is 11.5 Å². The third-order valence-electron chi connectivity index (χ3n) is 3.96. The Labute approximate surface area is 140 Å². The fourth-order valence-corrected chi connectivity index (χ4v) is 2.79. The quantitative estimate of drug-likeness (QED) is 0.603. The van der Waals surface area contributed by atoms with Crippen molar-refractivity contribution in [1.82, 2.24) is 5.32 Å². The molecule has 1 aromatic carbocycles. The molecule has 1 aliphatic carbocycles. The highest BCUT2D eigenvalue weighted by atomic mass is 16.5. The van der Waals surface area contributed by atoms with E-state index in [9.17, 15) is 14.4 Å². The van der Waals surface area contributed by atoms with Crippen LogP contribution in [0.15, 0.2) is 12.1 Å². The molecule has 7 heteroatoms. The molecule has 1 amide bonds. The van der Waals surface area contributed by atoms with Crippen LogP contribution < -0.4 is 14.8 Å². The van der Waals surface area contributed by atoms with Crippen molar-refractivity contribution in [1.29, 1.82) is 0 Å². The van der Waals surface area contributed by atoms with Gasteiger partial charge in [0.15, 0.2) is 24.4 Å². The third-order valence-corrected chi connectivity index (χ3v) is 3.96. The Bertz CT molecular complexity index is 622. The second-order valence-corrected chi connectivity index (χ2v) is 5.51. The van der Waals surface area contributed by atoms with Crippen molar-refractivity contribution >= 4 is 18.2 Å². The summed E-state index contributed by atoms with van der Waals surface area (Å²) in [5.74, 6) is -0.770. The van der Waals surface area contributed by atoms with E-state index in [1.165, 1.54) is 26.4 Å². The summed E-state index contributed by atoms with van der Waals surface area (Å²) in [6.45, 7) is -0.409. The van der Waals surface area contributed by atoms with Crippen LogP contribution in [0.2, 0.25) is 0 Å². The van der Waals surface area contributed by atoms with Crippen molar-refractivity contribution in [2.75, 3.05) is 20.8 Å². The molecule has 0 atom stereocenters. The molecular weight excluding hydrogens is 314 g/mol. The van der Waals surface area contributed by atoms with Crippen molar-refractivity contribution in [3.05, 3.63) is 23.3 Å². The van der Waals surface area contributed by atoms with Gasteiger partial charge in [0, 0.05) is 11.6 Å². The molecule has 0 aliphatic heterocycles. The molecule has 1 aliphatic rings. The molecule has 1 fully saturated rings. The summed E-state index contributed by atoms with van der Waals surface area (Å²) in [7, 11) is 2.78. The van der Waals surface area contributed by atoms with Gasteiger partial charge in [-0.25, -0.2) is 4.79 Å². The smallest absolute Gasteiger partial charge is 0.343 e. The second-order valence-electron chi connectivity index (χ2n) is 5.51. The minimum Gasteiger partial charge on any atom is -0.493 e. The predicted octanol–water partition coefficient (Wildman–Crippen LogP) is 1.73. The van der Waals surface area contributed by atoms with Gasteiger partial charge in [-0.1, -0.05) is 12.8 Å². The largest absolute Gasteiger partial charge is 0.493 e. The van der Waals surface area contributed by atoms with E-state index in [4.69, 9.17) is 14.2 Å². The van der Waals surface area contributed by atoms with E-state index < -0.39 is 12.6 Å². The topological polar surface area (TPSA) is 90.9 Å². The zero-order valence-corrected chi connectivity index (χ0v) is 13.8. The number of benzene rings is 1. The first-order valence-corrected chi connectivity index (χ1v) is 7.77. The van der Waals surface area contributed by atoms with Crippen LogP contribution in [0.4, 0.5) is 0 Å². The maximum atomic E-state index is 12.3. The van der Waals surface area contributed by atoms with Gasteiger partial charge in [0.2, 0.25) is 0 Å². The average molecular weight is 335 g/mol. The maximum absolute atomic E-state index is 12.3. The van der Waals surface area contributed by atoms with Crippen molar-refractivity contribution in [3.8, 4) is 11.5 Å². The second kappa shape index (κ2) is 8.33. The Morgan fingerprint density at radius 2 is 1.92 bits per heavy atom. The molecule has 0 unspecified atom stereocenters. The Morgan fingerprint density at radius 1 is 1.21 bits per heavy atom. The van der Waals surface area contributed by atoms with Crippen LogP contribution in [0.1, 0.15) is 46.4 Å². The first-order valence-electron chi connectivity index (χ1n) is 7.77. The minimum atomic E-state index is -0.811. The molecular formula is C17H21NO6. The van der Waals surface area contributed by atoms with E-state index in [2.05, 4.69) is 5.32 Å². The van der Waals surface area contributed by atoms with Gasteiger partial charge in [0.1, 0.15) is 5.56 Å². The Kier molecular flexibility index (Phi) is 6.17. The van der Waals surface area contributed by atoms with Crippen LogP contribution in [-0.2, 0) is 9.53 Å². The first kappa shape index (κ1) is 17.8.